The van der Waals surface area contributed by atoms with Gasteiger partial charge in [-0.3, -0.25) is 0 Å². The SMILES string of the molecule is Oc1cc2c(C3CCOCO3)nn(-c3ccc(Cl)cc3)c2cn1. The molecule has 118 valence electrons. The first-order valence-electron chi connectivity index (χ1n) is 7.25. The third kappa shape index (κ3) is 2.65. The quantitative estimate of drug-likeness (QED) is 0.780. The lowest BCUT2D eigenvalue weighted by Gasteiger charge is -2.21. The molecule has 1 N–H and O–H groups in total. The minimum atomic E-state index is -0.165. The monoisotopic (exact) mass is 331 g/mol. The molecule has 3 aromatic rings. The number of hydrogen-bond acceptors (Lipinski definition) is 5. The molecule has 0 saturated carbocycles. The van der Waals surface area contributed by atoms with E-state index in [1.54, 1.807) is 16.9 Å². The zero-order valence-electron chi connectivity index (χ0n) is 12.1. The maximum absolute atomic E-state index is 9.74. The molecule has 2 aromatic heterocycles. The van der Waals surface area contributed by atoms with Crippen LogP contribution < -0.4 is 0 Å². The van der Waals surface area contributed by atoms with Gasteiger partial charge in [0.15, 0.2) is 0 Å². The van der Waals surface area contributed by atoms with Crippen LogP contribution in [0.25, 0.3) is 16.6 Å². The van der Waals surface area contributed by atoms with E-state index in [0.717, 1.165) is 28.7 Å². The zero-order chi connectivity index (χ0) is 15.8. The van der Waals surface area contributed by atoms with E-state index >= 15 is 0 Å². The summed E-state index contributed by atoms with van der Waals surface area (Å²) in [5.74, 6) is -0.0403. The summed E-state index contributed by atoms with van der Waals surface area (Å²) in [5.41, 5.74) is 2.44. The maximum Gasteiger partial charge on any atom is 0.211 e. The number of aromatic hydroxyl groups is 1. The van der Waals surface area contributed by atoms with Gasteiger partial charge in [-0.1, -0.05) is 11.6 Å². The normalized spacial score (nSPS) is 18.4. The summed E-state index contributed by atoms with van der Waals surface area (Å²) in [4.78, 5) is 3.97. The Morgan fingerprint density at radius 1 is 1.26 bits per heavy atom. The highest BCUT2D eigenvalue weighted by molar-refractivity contribution is 6.30. The van der Waals surface area contributed by atoms with E-state index in [9.17, 15) is 5.11 Å². The van der Waals surface area contributed by atoms with Gasteiger partial charge in [-0.2, -0.15) is 5.10 Å². The molecular weight excluding hydrogens is 318 g/mol. The van der Waals surface area contributed by atoms with Crippen LogP contribution >= 0.6 is 11.6 Å². The van der Waals surface area contributed by atoms with Crippen LogP contribution in [0.15, 0.2) is 36.5 Å². The number of ether oxygens (including phenoxy) is 2. The van der Waals surface area contributed by atoms with E-state index < -0.39 is 0 Å². The number of hydrogen-bond donors (Lipinski definition) is 1. The van der Waals surface area contributed by atoms with Crippen molar-refractivity contribution in [3.63, 3.8) is 0 Å². The molecule has 6 nitrogen and oxygen atoms in total. The van der Waals surface area contributed by atoms with Crippen molar-refractivity contribution in [2.45, 2.75) is 12.5 Å². The van der Waals surface area contributed by atoms with Crippen LogP contribution in [-0.2, 0) is 9.47 Å². The van der Waals surface area contributed by atoms with Crippen molar-refractivity contribution < 1.29 is 14.6 Å². The number of fused-ring (bicyclic) bond motifs is 1. The minimum absolute atomic E-state index is 0.0403. The molecule has 0 radical (unpaired) electrons. The highest BCUT2D eigenvalue weighted by atomic mass is 35.5. The Morgan fingerprint density at radius 3 is 2.83 bits per heavy atom. The van der Waals surface area contributed by atoms with Gasteiger partial charge in [-0.15, -0.1) is 0 Å². The van der Waals surface area contributed by atoms with Crippen LogP contribution in [0.3, 0.4) is 0 Å². The Bertz CT molecular complexity index is 842. The molecule has 0 bridgehead atoms. The van der Waals surface area contributed by atoms with E-state index in [0.29, 0.717) is 11.6 Å². The van der Waals surface area contributed by atoms with Gasteiger partial charge in [0.25, 0.3) is 0 Å². The van der Waals surface area contributed by atoms with Gasteiger partial charge in [0.2, 0.25) is 5.88 Å². The Labute approximate surface area is 137 Å². The van der Waals surface area contributed by atoms with E-state index in [-0.39, 0.29) is 18.8 Å². The number of aromatic nitrogens is 3. The number of nitrogens with zero attached hydrogens (tertiary/aromatic N) is 3. The van der Waals surface area contributed by atoms with Crippen LogP contribution in [0.1, 0.15) is 18.2 Å². The van der Waals surface area contributed by atoms with Crippen molar-refractivity contribution in [3.8, 4) is 11.6 Å². The van der Waals surface area contributed by atoms with Gasteiger partial charge in [0.1, 0.15) is 18.6 Å². The summed E-state index contributed by atoms with van der Waals surface area (Å²) in [6, 6.07) is 9.00. The molecule has 7 heteroatoms. The minimum Gasteiger partial charge on any atom is -0.493 e. The topological polar surface area (TPSA) is 69.4 Å². The van der Waals surface area contributed by atoms with Crippen molar-refractivity contribution in [1.29, 1.82) is 0 Å². The highest BCUT2D eigenvalue weighted by Gasteiger charge is 2.24. The van der Waals surface area contributed by atoms with Crippen LogP contribution in [0.4, 0.5) is 0 Å². The third-order valence-corrected chi connectivity index (χ3v) is 4.09. The second kappa shape index (κ2) is 5.81. The summed E-state index contributed by atoms with van der Waals surface area (Å²) in [7, 11) is 0. The van der Waals surface area contributed by atoms with Gasteiger partial charge in [-0.25, -0.2) is 9.67 Å². The second-order valence-electron chi connectivity index (χ2n) is 5.30. The van der Waals surface area contributed by atoms with Crippen molar-refractivity contribution in [3.05, 3.63) is 47.2 Å². The molecule has 1 aliphatic heterocycles. The molecule has 1 atom stereocenters. The summed E-state index contributed by atoms with van der Waals surface area (Å²) in [6.07, 6.45) is 2.16. The Morgan fingerprint density at radius 2 is 2.09 bits per heavy atom. The van der Waals surface area contributed by atoms with Crippen LogP contribution in [-0.4, -0.2) is 33.3 Å². The van der Waals surface area contributed by atoms with Crippen molar-refractivity contribution in [2.75, 3.05) is 13.4 Å². The zero-order valence-corrected chi connectivity index (χ0v) is 12.9. The summed E-state index contributed by atoms with van der Waals surface area (Å²) in [6.45, 7) is 0.869. The second-order valence-corrected chi connectivity index (χ2v) is 5.74. The first-order valence-corrected chi connectivity index (χ1v) is 7.63. The lowest BCUT2D eigenvalue weighted by atomic mass is 10.1. The summed E-state index contributed by atoms with van der Waals surface area (Å²) < 4.78 is 12.7. The predicted octanol–water partition coefficient (Wildman–Crippen LogP) is 3.22. The van der Waals surface area contributed by atoms with Gasteiger partial charge in [0.05, 0.1) is 24.0 Å². The standard InChI is InChI=1S/C16H14ClN3O3/c17-10-1-3-11(4-2-10)20-13-8-18-15(21)7-12(13)16(19-20)14-5-6-22-9-23-14/h1-4,7-8,14H,5-6,9H2,(H,18,21). The van der Waals surface area contributed by atoms with Gasteiger partial charge >= 0.3 is 0 Å². The molecular formula is C16H14ClN3O3. The molecule has 1 aliphatic rings. The molecule has 23 heavy (non-hydrogen) atoms. The molecule has 1 unspecified atom stereocenters. The smallest absolute Gasteiger partial charge is 0.211 e. The average Bonchev–Trinajstić information content (AvgIpc) is 2.95. The molecule has 1 saturated heterocycles. The Kier molecular flexibility index (Phi) is 3.65. The predicted molar refractivity (Wildman–Crippen MR) is 84.8 cm³/mol. The van der Waals surface area contributed by atoms with E-state index in [1.807, 2.05) is 24.3 Å². The molecule has 4 rings (SSSR count). The van der Waals surface area contributed by atoms with E-state index in [2.05, 4.69) is 4.98 Å². The molecule has 1 aromatic carbocycles. The Hall–Kier alpha value is -2.15. The first-order chi connectivity index (χ1) is 11.2. The van der Waals surface area contributed by atoms with E-state index in [4.69, 9.17) is 26.2 Å². The lowest BCUT2D eigenvalue weighted by molar-refractivity contribution is -0.141. The fourth-order valence-corrected chi connectivity index (χ4v) is 2.85. The maximum atomic E-state index is 9.74. The number of rotatable bonds is 2. The van der Waals surface area contributed by atoms with Crippen molar-refractivity contribution >= 4 is 22.5 Å². The van der Waals surface area contributed by atoms with Gasteiger partial charge < -0.3 is 14.6 Å². The summed E-state index contributed by atoms with van der Waals surface area (Å²) >= 11 is 5.96. The molecule has 3 heterocycles. The van der Waals surface area contributed by atoms with Gasteiger partial charge in [0, 0.05) is 22.9 Å². The number of pyridine rings is 1. The first kappa shape index (κ1) is 14.4. The molecule has 0 spiro atoms. The summed E-state index contributed by atoms with van der Waals surface area (Å²) in [5, 5.41) is 15.9. The fraction of sp³-hybridized carbons (Fsp3) is 0.250. The number of halogens is 1. The van der Waals surface area contributed by atoms with E-state index in [1.165, 1.54) is 0 Å². The third-order valence-electron chi connectivity index (χ3n) is 3.83. The van der Waals surface area contributed by atoms with Crippen LogP contribution in [0, 0.1) is 0 Å². The lowest BCUT2D eigenvalue weighted by Crippen LogP contribution is -2.17. The Balaban J connectivity index is 1.89. The fourth-order valence-electron chi connectivity index (χ4n) is 2.72. The largest absolute Gasteiger partial charge is 0.493 e. The average molecular weight is 332 g/mol. The van der Waals surface area contributed by atoms with Crippen LogP contribution in [0.2, 0.25) is 5.02 Å². The van der Waals surface area contributed by atoms with Gasteiger partial charge in [-0.05, 0) is 24.3 Å². The van der Waals surface area contributed by atoms with Crippen molar-refractivity contribution in [1.82, 2.24) is 14.8 Å². The highest BCUT2D eigenvalue weighted by Crippen LogP contribution is 2.32. The number of benzene rings is 1. The van der Waals surface area contributed by atoms with Crippen molar-refractivity contribution in [2.24, 2.45) is 0 Å². The molecule has 0 aliphatic carbocycles. The van der Waals surface area contributed by atoms with Crippen LogP contribution in [0.5, 0.6) is 5.88 Å². The molecule has 1 fully saturated rings. The molecule has 0 amide bonds.